The molecule has 1 atom stereocenters. The van der Waals surface area contributed by atoms with Crippen molar-refractivity contribution in [2.24, 2.45) is 16.6 Å². The molecule has 6 nitrogen and oxygen atoms in total. The number of nitrogens with zero attached hydrogens (tertiary/aromatic N) is 4. The number of benzene rings is 2. The Balaban J connectivity index is 1.17. The van der Waals surface area contributed by atoms with Gasteiger partial charge in [0.2, 0.25) is 0 Å². The van der Waals surface area contributed by atoms with E-state index in [2.05, 4.69) is 34.2 Å². The van der Waals surface area contributed by atoms with E-state index in [1.165, 1.54) is 81.2 Å². The van der Waals surface area contributed by atoms with Crippen molar-refractivity contribution >= 4 is 23.0 Å². The zero-order chi connectivity index (χ0) is 28.7. The molecule has 0 radical (unpaired) electrons. The summed E-state index contributed by atoms with van der Waals surface area (Å²) in [5.74, 6) is 3.05. The number of thiazole rings is 1. The molecule has 1 aromatic heterocycles. The molecule has 0 saturated heterocycles. The SMILES string of the molecule is Cc1csc(CN(CCCC(C2CCCCC2)N2Cc3cc(Oc4ccccc4)ccc3N=C2N)C2CCCCC2)n1. The van der Waals surface area contributed by atoms with Crippen molar-refractivity contribution in [3.05, 3.63) is 70.2 Å². The second-order valence-corrected chi connectivity index (χ2v) is 13.5. The van der Waals surface area contributed by atoms with Crippen LogP contribution in [0.3, 0.4) is 0 Å². The molecule has 2 aliphatic carbocycles. The Kier molecular flexibility index (Phi) is 9.76. The van der Waals surface area contributed by atoms with Gasteiger partial charge in [0.25, 0.3) is 0 Å². The lowest BCUT2D eigenvalue weighted by Gasteiger charge is -2.42. The molecule has 2 heterocycles. The maximum absolute atomic E-state index is 6.74. The normalized spacial score (nSPS) is 19.0. The molecular formula is C35H47N5OS. The van der Waals surface area contributed by atoms with Crippen molar-refractivity contribution < 1.29 is 4.74 Å². The van der Waals surface area contributed by atoms with Gasteiger partial charge < -0.3 is 15.4 Å². The Hall–Kier alpha value is -2.90. The number of aliphatic imine (C=N–C) groups is 1. The van der Waals surface area contributed by atoms with Crippen molar-refractivity contribution in [1.82, 2.24) is 14.8 Å². The zero-order valence-electron chi connectivity index (χ0n) is 25.2. The molecule has 224 valence electrons. The minimum Gasteiger partial charge on any atom is -0.457 e. The topological polar surface area (TPSA) is 67.0 Å². The van der Waals surface area contributed by atoms with Crippen LogP contribution in [0.15, 0.2) is 58.9 Å². The first-order chi connectivity index (χ1) is 20.6. The molecule has 3 aromatic rings. The monoisotopic (exact) mass is 585 g/mol. The standard InChI is InChI=1S/C35H47N5OS/c1-26-25-42-34(37-26)24-39(29-14-7-3-8-15-29)21-11-18-33(27-12-5-2-6-13-27)40-23-28-22-31(19-20-32(28)38-35(40)36)41-30-16-9-4-10-17-30/h4,9-10,16-17,19-20,22,25,27,29,33H,2-3,5-8,11-15,18,21,23-24H2,1H3,(H2,36,38). The van der Waals surface area contributed by atoms with E-state index in [0.29, 0.717) is 24.0 Å². The summed E-state index contributed by atoms with van der Waals surface area (Å²) in [6, 6.07) is 17.3. The predicted octanol–water partition coefficient (Wildman–Crippen LogP) is 8.57. The Morgan fingerprint density at radius 3 is 2.48 bits per heavy atom. The van der Waals surface area contributed by atoms with Crippen LogP contribution in [0.4, 0.5) is 5.69 Å². The quantitative estimate of drug-likeness (QED) is 0.244. The van der Waals surface area contributed by atoms with Gasteiger partial charge in [-0.3, -0.25) is 4.90 Å². The molecule has 2 fully saturated rings. The number of para-hydroxylation sites is 1. The molecule has 6 rings (SSSR count). The second kappa shape index (κ2) is 14.0. The molecule has 3 aliphatic rings. The second-order valence-electron chi connectivity index (χ2n) is 12.6. The highest BCUT2D eigenvalue weighted by molar-refractivity contribution is 7.09. The fourth-order valence-corrected chi connectivity index (χ4v) is 8.18. The van der Waals surface area contributed by atoms with Gasteiger partial charge in [-0.05, 0) is 88.2 Å². The van der Waals surface area contributed by atoms with E-state index < -0.39 is 0 Å². The summed E-state index contributed by atoms with van der Waals surface area (Å²) in [6.45, 7) is 5.02. The number of ether oxygens (including phenoxy) is 1. The average Bonchev–Trinajstić information content (AvgIpc) is 3.44. The predicted molar refractivity (Wildman–Crippen MR) is 174 cm³/mol. The highest BCUT2D eigenvalue weighted by Gasteiger charge is 2.33. The Bertz CT molecular complexity index is 1310. The van der Waals surface area contributed by atoms with Crippen molar-refractivity contribution in [3.63, 3.8) is 0 Å². The fraction of sp³-hybridized carbons (Fsp3) is 0.543. The smallest absolute Gasteiger partial charge is 0.197 e. The largest absolute Gasteiger partial charge is 0.457 e. The lowest BCUT2D eigenvalue weighted by atomic mass is 9.81. The number of guanidine groups is 1. The number of hydrogen-bond donors (Lipinski definition) is 1. The van der Waals surface area contributed by atoms with Gasteiger partial charge in [0.1, 0.15) is 16.5 Å². The van der Waals surface area contributed by atoms with Crippen LogP contribution in [0, 0.1) is 12.8 Å². The summed E-state index contributed by atoms with van der Waals surface area (Å²) in [5.41, 5.74) is 10.1. The molecule has 1 unspecified atom stereocenters. The third kappa shape index (κ3) is 7.35. The molecule has 1 aliphatic heterocycles. The van der Waals surface area contributed by atoms with Crippen LogP contribution < -0.4 is 10.5 Å². The highest BCUT2D eigenvalue weighted by Crippen LogP contribution is 2.37. The van der Waals surface area contributed by atoms with E-state index in [9.17, 15) is 0 Å². The van der Waals surface area contributed by atoms with Crippen LogP contribution in [0.2, 0.25) is 0 Å². The number of rotatable bonds is 11. The van der Waals surface area contributed by atoms with E-state index in [0.717, 1.165) is 48.9 Å². The summed E-state index contributed by atoms with van der Waals surface area (Å²) < 4.78 is 6.17. The number of fused-ring (bicyclic) bond motifs is 1. The molecule has 0 spiro atoms. The van der Waals surface area contributed by atoms with Gasteiger partial charge in [0.15, 0.2) is 5.96 Å². The summed E-state index contributed by atoms with van der Waals surface area (Å²) >= 11 is 1.82. The van der Waals surface area contributed by atoms with Gasteiger partial charge >= 0.3 is 0 Å². The first kappa shape index (κ1) is 29.2. The molecular weight excluding hydrogens is 538 g/mol. The molecule has 7 heteroatoms. The number of aryl methyl sites for hydroxylation is 1. The van der Waals surface area contributed by atoms with Crippen LogP contribution in [0.1, 0.15) is 93.3 Å². The van der Waals surface area contributed by atoms with Gasteiger partial charge in [0.05, 0.1) is 12.2 Å². The first-order valence-corrected chi connectivity index (χ1v) is 17.1. The van der Waals surface area contributed by atoms with Crippen LogP contribution in [-0.4, -0.2) is 39.4 Å². The fourth-order valence-electron chi connectivity index (χ4n) is 7.38. The maximum atomic E-state index is 6.74. The van der Waals surface area contributed by atoms with Gasteiger partial charge in [0, 0.05) is 35.3 Å². The van der Waals surface area contributed by atoms with Gasteiger partial charge in [-0.15, -0.1) is 11.3 Å². The Morgan fingerprint density at radius 2 is 1.74 bits per heavy atom. The van der Waals surface area contributed by atoms with Gasteiger partial charge in [-0.1, -0.05) is 56.7 Å². The minimum atomic E-state index is 0.413. The van der Waals surface area contributed by atoms with Crippen LogP contribution in [0.25, 0.3) is 0 Å². The molecule has 0 bridgehead atoms. The number of nitrogens with two attached hydrogens (primary N) is 1. The van der Waals surface area contributed by atoms with Crippen LogP contribution >= 0.6 is 11.3 Å². The molecule has 2 aromatic carbocycles. The van der Waals surface area contributed by atoms with Gasteiger partial charge in [-0.2, -0.15) is 0 Å². The van der Waals surface area contributed by atoms with Crippen molar-refractivity contribution in [3.8, 4) is 11.5 Å². The van der Waals surface area contributed by atoms with Crippen molar-refractivity contribution in [2.75, 3.05) is 6.54 Å². The molecule has 2 N–H and O–H groups in total. The maximum Gasteiger partial charge on any atom is 0.197 e. The van der Waals surface area contributed by atoms with E-state index in [1.54, 1.807) is 0 Å². The minimum absolute atomic E-state index is 0.413. The average molecular weight is 586 g/mol. The van der Waals surface area contributed by atoms with Crippen molar-refractivity contribution in [1.29, 1.82) is 0 Å². The molecule has 0 amide bonds. The third-order valence-corrected chi connectivity index (χ3v) is 10.5. The van der Waals surface area contributed by atoms with Gasteiger partial charge in [-0.25, -0.2) is 9.98 Å². The van der Waals surface area contributed by atoms with Crippen LogP contribution in [0.5, 0.6) is 11.5 Å². The van der Waals surface area contributed by atoms with E-state index >= 15 is 0 Å². The zero-order valence-corrected chi connectivity index (χ0v) is 26.0. The Morgan fingerprint density at radius 1 is 0.976 bits per heavy atom. The summed E-state index contributed by atoms with van der Waals surface area (Å²) in [5, 5.41) is 3.46. The lowest BCUT2D eigenvalue weighted by Crippen LogP contribution is -2.49. The summed E-state index contributed by atoms with van der Waals surface area (Å²) in [6.07, 6.45) is 15.7. The first-order valence-electron chi connectivity index (χ1n) is 16.2. The summed E-state index contributed by atoms with van der Waals surface area (Å²) in [7, 11) is 0. The summed E-state index contributed by atoms with van der Waals surface area (Å²) in [4.78, 5) is 14.9. The van der Waals surface area contributed by atoms with E-state index in [1.807, 2.05) is 47.7 Å². The van der Waals surface area contributed by atoms with E-state index in [-0.39, 0.29) is 0 Å². The van der Waals surface area contributed by atoms with Crippen molar-refractivity contribution in [2.45, 2.75) is 109 Å². The highest BCUT2D eigenvalue weighted by atomic mass is 32.1. The third-order valence-electron chi connectivity index (χ3n) is 9.54. The molecule has 42 heavy (non-hydrogen) atoms. The molecule has 2 saturated carbocycles. The number of hydrogen-bond acceptors (Lipinski definition) is 7. The number of aromatic nitrogens is 1. The van der Waals surface area contributed by atoms with E-state index in [4.69, 9.17) is 20.4 Å². The van der Waals surface area contributed by atoms with Crippen LogP contribution in [-0.2, 0) is 13.1 Å². The lowest BCUT2D eigenvalue weighted by molar-refractivity contribution is 0.126. The Labute approximate surface area is 256 Å².